The molecule has 0 amide bonds. The van der Waals surface area contributed by atoms with Gasteiger partial charge in [-0.1, -0.05) is 55.9 Å². The van der Waals surface area contributed by atoms with E-state index in [-0.39, 0.29) is 18.1 Å². The molecule has 2 unspecified atom stereocenters. The van der Waals surface area contributed by atoms with Gasteiger partial charge in [0.05, 0.1) is 6.10 Å². The lowest BCUT2D eigenvalue weighted by atomic mass is 9.94. The van der Waals surface area contributed by atoms with E-state index in [1.165, 1.54) is 5.57 Å². The number of hydrogen-bond donors (Lipinski definition) is 1. The average molecular weight is 304 g/mol. The first-order valence-electron chi connectivity index (χ1n) is 8.24. The quantitative estimate of drug-likeness (QED) is 0.447. The molecule has 0 aromatic heterocycles. The first kappa shape index (κ1) is 20.6. The molecule has 0 saturated carbocycles. The molecular weight excluding hydrogens is 272 g/mol. The molecule has 0 spiro atoms. The van der Waals surface area contributed by atoms with Crippen molar-refractivity contribution in [3.8, 4) is 0 Å². The number of aliphatic hydroxyl groups is 1. The second kappa shape index (κ2) is 12.2. The summed E-state index contributed by atoms with van der Waals surface area (Å²) in [5, 5.41) is 9.85. The molecule has 0 aliphatic rings. The van der Waals surface area contributed by atoms with Gasteiger partial charge in [-0.2, -0.15) is 0 Å². The van der Waals surface area contributed by atoms with Crippen molar-refractivity contribution in [3.63, 3.8) is 0 Å². The number of ketones is 1. The Bertz CT molecular complexity index is 439. The van der Waals surface area contributed by atoms with Gasteiger partial charge >= 0.3 is 0 Å². The van der Waals surface area contributed by atoms with Crippen molar-refractivity contribution in [2.24, 2.45) is 5.92 Å². The Balaban J connectivity index is 4.08. The predicted molar refractivity (Wildman–Crippen MR) is 95.8 cm³/mol. The molecular formula is C20H32O2. The normalized spacial score (nSPS) is 16.5. The predicted octanol–water partition coefficient (Wildman–Crippen LogP) is 5.16. The highest BCUT2D eigenvalue weighted by molar-refractivity contribution is 5.81. The lowest BCUT2D eigenvalue weighted by Crippen LogP contribution is -2.19. The van der Waals surface area contributed by atoms with Crippen LogP contribution in [0.15, 0.2) is 47.6 Å². The van der Waals surface area contributed by atoms with Crippen molar-refractivity contribution >= 4 is 5.78 Å². The summed E-state index contributed by atoms with van der Waals surface area (Å²) in [6.07, 6.45) is 14.5. The van der Waals surface area contributed by atoms with Crippen molar-refractivity contribution in [1.82, 2.24) is 0 Å². The van der Waals surface area contributed by atoms with Crippen LogP contribution >= 0.6 is 0 Å². The molecule has 0 aliphatic carbocycles. The average Bonchev–Trinajstić information content (AvgIpc) is 2.52. The Hall–Kier alpha value is -1.41. The number of carbonyl (C=O) groups is 1. The maximum Gasteiger partial charge on any atom is 0.138 e. The summed E-state index contributed by atoms with van der Waals surface area (Å²) in [7, 11) is 0. The molecule has 0 aromatic rings. The van der Waals surface area contributed by atoms with Crippen LogP contribution in [-0.4, -0.2) is 17.0 Å². The molecule has 2 nitrogen and oxygen atoms in total. The highest BCUT2D eigenvalue weighted by Crippen LogP contribution is 2.14. The monoisotopic (exact) mass is 304 g/mol. The summed E-state index contributed by atoms with van der Waals surface area (Å²) in [5.74, 6) is 0.134. The number of hydrogen-bond acceptors (Lipinski definition) is 2. The first-order valence-corrected chi connectivity index (χ1v) is 8.24. The first-order chi connectivity index (χ1) is 10.4. The van der Waals surface area contributed by atoms with Crippen molar-refractivity contribution in [2.75, 3.05) is 0 Å². The summed E-state index contributed by atoms with van der Waals surface area (Å²) in [4.78, 5) is 12.0. The van der Waals surface area contributed by atoms with Crippen LogP contribution < -0.4 is 0 Å². The second-order valence-corrected chi connectivity index (χ2v) is 5.88. The van der Waals surface area contributed by atoms with Gasteiger partial charge in [-0.05, 0) is 45.6 Å². The molecule has 2 atom stereocenters. The van der Waals surface area contributed by atoms with Gasteiger partial charge in [0.15, 0.2) is 0 Å². The van der Waals surface area contributed by atoms with E-state index >= 15 is 0 Å². The van der Waals surface area contributed by atoms with Crippen LogP contribution in [0.1, 0.15) is 60.3 Å². The van der Waals surface area contributed by atoms with E-state index in [2.05, 4.69) is 26.0 Å². The number of aliphatic hydroxyl groups excluding tert-OH is 1. The summed E-state index contributed by atoms with van der Waals surface area (Å²) in [6, 6.07) is 0. The Labute approximate surface area is 136 Å². The van der Waals surface area contributed by atoms with E-state index in [0.29, 0.717) is 0 Å². The lowest BCUT2D eigenvalue weighted by Gasteiger charge is -2.13. The molecule has 1 N–H and O–H groups in total. The Morgan fingerprint density at radius 2 is 1.86 bits per heavy atom. The summed E-state index contributed by atoms with van der Waals surface area (Å²) in [5.41, 5.74) is 2.22. The van der Waals surface area contributed by atoms with Crippen LogP contribution in [0.3, 0.4) is 0 Å². The molecule has 0 saturated heterocycles. The highest BCUT2D eigenvalue weighted by Gasteiger charge is 2.17. The van der Waals surface area contributed by atoms with Crippen LogP contribution in [0.25, 0.3) is 0 Å². The van der Waals surface area contributed by atoms with Gasteiger partial charge in [0, 0.05) is 12.3 Å². The summed E-state index contributed by atoms with van der Waals surface area (Å²) >= 11 is 0. The zero-order valence-electron chi connectivity index (χ0n) is 14.8. The van der Waals surface area contributed by atoms with Crippen molar-refractivity contribution in [1.29, 1.82) is 0 Å². The molecule has 0 aliphatic heterocycles. The molecule has 0 rings (SSSR count). The topological polar surface area (TPSA) is 37.3 Å². The third-order valence-electron chi connectivity index (χ3n) is 3.99. The van der Waals surface area contributed by atoms with E-state index in [1.807, 2.05) is 45.1 Å². The van der Waals surface area contributed by atoms with Crippen LogP contribution in [0.2, 0.25) is 0 Å². The third-order valence-corrected chi connectivity index (χ3v) is 3.99. The summed E-state index contributed by atoms with van der Waals surface area (Å²) < 4.78 is 0. The molecule has 124 valence electrons. The maximum absolute atomic E-state index is 12.0. The van der Waals surface area contributed by atoms with Gasteiger partial charge in [0.1, 0.15) is 5.78 Å². The third kappa shape index (κ3) is 9.51. The van der Waals surface area contributed by atoms with Gasteiger partial charge < -0.3 is 5.11 Å². The minimum absolute atomic E-state index is 0.00447. The molecule has 0 aromatic carbocycles. The van der Waals surface area contributed by atoms with Crippen molar-refractivity contribution < 1.29 is 9.90 Å². The number of allylic oxidation sites excluding steroid dienone is 7. The molecule has 0 radical (unpaired) electrons. The SMILES string of the molecule is C/C=C(\C)C(O)CC(=O)C(C)CC/C=C/C=C/C=C(\C)CC. The summed E-state index contributed by atoms with van der Waals surface area (Å²) in [6.45, 7) is 9.93. The van der Waals surface area contributed by atoms with E-state index in [9.17, 15) is 9.90 Å². The number of rotatable bonds is 10. The van der Waals surface area contributed by atoms with E-state index in [0.717, 1.165) is 24.8 Å². The van der Waals surface area contributed by atoms with Crippen LogP contribution in [0, 0.1) is 5.92 Å². The van der Waals surface area contributed by atoms with Crippen molar-refractivity contribution in [3.05, 3.63) is 47.6 Å². The maximum atomic E-state index is 12.0. The molecule has 0 bridgehead atoms. The molecule has 0 fully saturated rings. The van der Waals surface area contributed by atoms with Gasteiger partial charge in [-0.15, -0.1) is 0 Å². The zero-order valence-corrected chi connectivity index (χ0v) is 14.8. The largest absolute Gasteiger partial charge is 0.388 e. The second-order valence-electron chi connectivity index (χ2n) is 5.88. The smallest absolute Gasteiger partial charge is 0.138 e. The minimum atomic E-state index is -0.632. The van der Waals surface area contributed by atoms with Gasteiger partial charge in [-0.25, -0.2) is 0 Å². The van der Waals surface area contributed by atoms with Gasteiger partial charge in [0.25, 0.3) is 0 Å². The van der Waals surface area contributed by atoms with Crippen molar-refractivity contribution in [2.45, 2.75) is 66.4 Å². The van der Waals surface area contributed by atoms with E-state index in [1.54, 1.807) is 0 Å². The Morgan fingerprint density at radius 1 is 1.18 bits per heavy atom. The van der Waals surface area contributed by atoms with Crippen LogP contribution in [0.5, 0.6) is 0 Å². The van der Waals surface area contributed by atoms with E-state index < -0.39 is 6.10 Å². The highest BCUT2D eigenvalue weighted by atomic mass is 16.3. The van der Waals surface area contributed by atoms with E-state index in [4.69, 9.17) is 0 Å². The minimum Gasteiger partial charge on any atom is -0.388 e. The Morgan fingerprint density at radius 3 is 2.45 bits per heavy atom. The molecule has 0 heterocycles. The number of Topliss-reactive ketones (excluding diaryl/α,β-unsaturated/α-hetero) is 1. The molecule has 2 heteroatoms. The van der Waals surface area contributed by atoms with Crippen LogP contribution in [-0.2, 0) is 4.79 Å². The fraction of sp³-hybridized carbons (Fsp3) is 0.550. The fourth-order valence-corrected chi connectivity index (χ4v) is 1.83. The van der Waals surface area contributed by atoms with Gasteiger partial charge in [-0.3, -0.25) is 4.79 Å². The fourth-order valence-electron chi connectivity index (χ4n) is 1.83. The zero-order chi connectivity index (χ0) is 17.0. The molecule has 22 heavy (non-hydrogen) atoms. The van der Waals surface area contributed by atoms with Crippen LogP contribution in [0.4, 0.5) is 0 Å². The lowest BCUT2D eigenvalue weighted by molar-refractivity contribution is -0.124. The number of carbonyl (C=O) groups excluding carboxylic acids is 1. The Kier molecular flexibility index (Phi) is 11.4. The van der Waals surface area contributed by atoms with Gasteiger partial charge in [0.2, 0.25) is 0 Å². The standard InChI is InChI=1S/C20H32O2/c1-6-16(3)13-11-9-8-10-12-14-18(5)20(22)15-19(21)17(4)7-2/h7-11,13,18-19,21H,6,12,14-15H2,1-5H3/b10-8+,11-9+,16-13+,17-7+.